The molecule has 4 rings (SSSR count). The first-order valence-corrected chi connectivity index (χ1v) is 12.3. The van der Waals surface area contributed by atoms with Crippen LogP contribution in [0.1, 0.15) is 31.2 Å². The molecule has 35 heavy (non-hydrogen) atoms. The Hall–Kier alpha value is -3.25. The summed E-state index contributed by atoms with van der Waals surface area (Å²) in [6.45, 7) is 3.08. The monoisotopic (exact) mass is 505 g/mol. The van der Waals surface area contributed by atoms with Crippen LogP contribution >= 0.6 is 0 Å². The van der Waals surface area contributed by atoms with Gasteiger partial charge in [-0.3, -0.25) is 9.78 Å². The third-order valence-electron chi connectivity index (χ3n) is 5.95. The molecule has 1 fully saturated rings. The van der Waals surface area contributed by atoms with Crippen LogP contribution in [0.5, 0.6) is 0 Å². The summed E-state index contributed by atoms with van der Waals surface area (Å²) in [5.41, 5.74) is 1.18. The molecule has 4 heterocycles. The van der Waals surface area contributed by atoms with Crippen molar-refractivity contribution >= 4 is 15.8 Å². The number of rotatable bonds is 7. The fourth-order valence-electron chi connectivity index (χ4n) is 4.02. The Morgan fingerprint density at radius 2 is 1.80 bits per heavy atom. The summed E-state index contributed by atoms with van der Waals surface area (Å²) in [6.07, 6.45) is 2.68. The maximum Gasteiger partial charge on any atom is 0.261 e. The van der Waals surface area contributed by atoms with Crippen molar-refractivity contribution in [2.75, 3.05) is 0 Å². The van der Waals surface area contributed by atoms with Gasteiger partial charge in [0.05, 0.1) is 30.2 Å². The number of hydrogen-bond acceptors (Lipinski definition) is 7. The summed E-state index contributed by atoms with van der Waals surface area (Å²) in [7, 11) is -4.37. The third kappa shape index (κ3) is 5.08. The smallest absolute Gasteiger partial charge is 0.261 e. The molecule has 3 aromatic heterocycles. The van der Waals surface area contributed by atoms with Crippen LogP contribution in [-0.2, 0) is 21.2 Å². The summed E-state index contributed by atoms with van der Waals surface area (Å²) in [4.78, 5) is 28.8. The highest BCUT2D eigenvalue weighted by Gasteiger charge is 2.49. The average molecular weight is 506 g/mol. The largest absolute Gasteiger partial charge is 0.298 e. The second-order valence-corrected chi connectivity index (χ2v) is 10.1. The van der Waals surface area contributed by atoms with Gasteiger partial charge in [-0.2, -0.15) is 4.31 Å². The Morgan fingerprint density at radius 3 is 2.46 bits per heavy atom. The van der Waals surface area contributed by atoms with Crippen molar-refractivity contribution in [2.24, 2.45) is 0 Å². The molecule has 0 saturated carbocycles. The lowest BCUT2D eigenvalue weighted by atomic mass is 10.0. The summed E-state index contributed by atoms with van der Waals surface area (Å²) in [6, 6.07) is 0.960. The standard InChI is InChI=1S/C23H22F3N5O3S/c1-13-18(25)8-21(31(13)35(33,34)23-6-4-17(24)11-30-23)22(32)5-3-15-7-20(29-12-19(15)26)16-9-27-14(2)28-10-16/h4,6-7,9-13,18,21H,3,5,8H2,1-2H3/t13-,18+,21-/m0/s1. The molecular formula is C23H22F3N5O3S. The van der Waals surface area contributed by atoms with E-state index in [4.69, 9.17) is 0 Å². The molecule has 12 heteroatoms. The number of pyridine rings is 2. The summed E-state index contributed by atoms with van der Waals surface area (Å²) < 4.78 is 69.2. The van der Waals surface area contributed by atoms with E-state index < -0.39 is 50.7 Å². The van der Waals surface area contributed by atoms with Gasteiger partial charge in [0.2, 0.25) is 0 Å². The molecule has 0 aliphatic carbocycles. The Balaban J connectivity index is 1.54. The van der Waals surface area contributed by atoms with Crippen molar-refractivity contribution in [1.82, 2.24) is 24.2 Å². The average Bonchev–Trinajstić information content (AvgIpc) is 3.14. The zero-order valence-corrected chi connectivity index (χ0v) is 19.7. The van der Waals surface area contributed by atoms with Crippen LogP contribution in [0.4, 0.5) is 13.2 Å². The molecule has 0 radical (unpaired) electrons. The van der Waals surface area contributed by atoms with Crippen LogP contribution < -0.4 is 0 Å². The third-order valence-corrected chi connectivity index (χ3v) is 7.86. The van der Waals surface area contributed by atoms with Gasteiger partial charge in [-0.05, 0) is 44.0 Å². The molecule has 0 aromatic carbocycles. The minimum atomic E-state index is -4.37. The molecule has 1 saturated heterocycles. The normalized spacial score (nSPS) is 20.8. The first kappa shape index (κ1) is 24.9. The van der Waals surface area contributed by atoms with Crippen LogP contribution in [0, 0.1) is 18.6 Å². The maximum absolute atomic E-state index is 14.6. The predicted molar refractivity (Wildman–Crippen MR) is 119 cm³/mol. The van der Waals surface area contributed by atoms with E-state index in [1.807, 2.05) is 0 Å². The quantitative estimate of drug-likeness (QED) is 0.485. The number of nitrogens with zero attached hydrogens (tertiary/aromatic N) is 5. The number of halogens is 3. The van der Waals surface area contributed by atoms with Gasteiger partial charge in [0.15, 0.2) is 10.8 Å². The Labute approximate surface area is 200 Å². The maximum atomic E-state index is 14.6. The lowest BCUT2D eigenvalue weighted by molar-refractivity contribution is -0.122. The van der Waals surface area contributed by atoms with Crippen LogP contribution in [0.2, 0.25) is 0 Å². The first-order valence-electron chi connectivity index (χ1n) is 10.8. The van der Waals surface area contributed by atoms with E-state index >= 15 is 0 Å². The Morgan fingerprint density at radius 1 is 1.09 bits per heavy atom. The van der Waals surface area contributed by atoms with Gasteiger partial charge in [0.1, 0.15) is 23.6 Å². The Kier molecular flexibility index (Phi) is 6.95. The lowest BCUT2D eigenvalue weighted by Gasteiger charge is -2.26. The number of carbonyl (C=O) groups excluding carboxylic acids is 1. The van der Waals surface area contributed by atoms with Gasteiger partial charge in [-0.1, -0.05) is 0 Å². The van der Waals surface area contributed by atoms with E-state index in [0.717, 1.165) is 28.8 Å². The number of sulfonamides is 1. The zero-order chi connectivity index (χ0) is 25.3. The van der Waals surface area contributed by atoms with Crippen molar-refractivity contribution < 1.29 is 26.4 Å². The zero-order valence-electron chi connectivity index (χ0n) is 18.9. The van der Waals surface area contributed by atoms with Crippen molar-refractivity contribution in [3.05, 3.63) is 66.0 Å². The second kappa shape index (κ2) is 9.78. The molecule has 0 unspecified atom stereocenters. The van der Waals surface area contributed by atoms with Crippen molar-refractivity contribution in [3.63, 3.8) is 0 Å². The van der Waals surface area contributed by atoms with Gasteiger partial charge >= 0.3 is 0 Å². The van der Waals surface area contributed by atoms with E-state index in [2.05, 4.69) is 19.9 Å². The van der Waals surface area contributed by atoms with E-state index in [9.17, 15) is 26.4 Å². The summed E-state index contributed by atoms with van der Waals surface area (Å²) >= 11 is 0. The van der Waals surface area contributed by atoms with Crippen LogP contribution in [0.25, 0.3) is 11.3 Å². The summed E-state index contributed by atoms with van der Waals surface area (Å²) in [5.74, 6) is -1.35. The molecule has 184 valence electrons. The highest BCUT2D eigenvalue weighted by molar-refractivity contribution is 7.89. The van der Waals surface area contributed by atoms with E-state index in [0.29, 0.717) is 17.1 Å². The molecule has 0 spiro atoms. The number of aromatic nitrogens is 4. The number of ketones is 1. The van der Waals surface area contributed by atoms with Crippen LogP contribution in [0.15, 0.2) is 48.0 Å². The van der Waals surface area contributed by atoms with Gasteiger partial charge in [0.25, 0.3) is 10.0 Å². The van der Waals surface area contributed by atoms with Gasteiger partial charge in [0, 0.05) is 30.8 Å². The molecule has 0 N–H and O–H groups in total. The van der Waals surface area contributed by atoms with E-state index in [1.54, 1.807) is 19.3 Å². The van der Waals surface area contributed by atoms with Crippen LogP contribution in [0.3, 0.4) is 0 Å². The molecule has 0 bridgehead atoms. The number of carbonyl (C=O) groups is 1. The van der Waals surface area contributed by atoms with Gasteiger partial charge in [-0.15, -0.1) is 0 Å². The minimum absolute atomic E-state index is 0.0442. The highest BCUT2D eigenvalue weighted by atomic mass is 32.2. The lowest BCUT2D eigenvalue weighted by Crippen LogP contribution is -2.45. The van der Waals surface area contributed by atoms with Crippen molar-refractivity contribution in [1.29, 1.82) is 0 Å². The molecule has 1 aliphatic heterocycles. The van der Waals surface area contributed by atoms with Crippen molar-refractivity contribution in [3.8, 4) is 11.3 Å². The predicted octanol–water partition coefficient (Wildman–Crippen LogP) is 3.21. The topological polar surface area (TPSA) is 106 Å². The summed E-state index contributed by atoms with van der Waals surface area (Å²) in [5, 5.41) is -0.484. The van der Waals surface area contributed by atoms with Gasteiger partial charge < -0.3 is 0 Å². The Bertz CT molecular complexity index is 1340. The SMILES string of the molecule is Cc1ncc(-c2cc(CCC(=O)[C@@H]3C[C@@H](F)[C@H](C)N3S(=O)(=O)c3ccc(F)cn3)c(F)cn2)cn1. The van der Waals surface area contributed by atoms with E-state index in [1.165, 1.54) is 13.0 Å². The number of aryl methyl sites for hydroxylation is 2. The molecule has 1 aliphatic rings. The molecule has 3 atom stereocenters. The first-order chi connectivity index (χ1) is 16.6. The van der Waals surface area contributed by atoms with E-state index in [-0.39, 0.29) is 24.8 Å². The van der Waals surface area contributed by atoms with Crippen molar-refractivity contribution in [2.45, 2.75) is 56.4 Å². The minimum Gasteiger partial charge on any atom is -0.298 e. The molecule has 3 aromatic rings. The molecular weight excluding hydrogens is 483 g/mol. The number of hydrogen-bond donors (Lipinski definition) is 0. The highest BCUT2D eigenvalue weighted by Crippen LogP contribution is 2.34. The number of alkyl halides is 1. The second-order valence-electron chi connectivity index (χ2n) is 8.30. The molecule has 8 nitrogen and oxygen atoms in total. The fraction of sp³-hybridized carbons (Fsp3) is 0.348. The fourth-order valence-corrected chi connectivity index (χ4v) is 5.77. The molecule has 0 amide bonds. The van der Waals surface area contributed by atoms with Crippen LogP contribution in [-0.4, -0.2) is 56.7 Å². The number of Topliss-reactive ketones (excluding diaryl/α,β-unsaturated/α-hetero) is 1. The van der Waals surface area contributed by atoms with Gasteiger partial charge in [-0.25, -0.2) is 36.5 Å².